The molecule has 0 unspecified atom stereocenters. The molecule has 0 saturated carbocycles. The molecule has 0 radical (unpaired) electrons. The van der Waals surface area contributed by atoms with Crippen molar-refractivity contribution in [2.45, 2.75) is 9.79 Å². The minimum Gasteiger partial charge on any atom is -0.325 e. The molecule has 214 valence electrons. The number of carbonyl (C=O) groups is 3. The van der Waals surface area contributed by atoms with Crippen molar-refractivity contribution in [2.75, 3.05) is 16.4 Å². The van der Waals surface area contributed by atoms with E-state index < -0.39 is 27.7 Å². The predicted molar refractivity (Wildman–Crippen MR) is 161 cm³/mol. The van der Waals surface area contributed by atoms with Gasteiger partial charge in [0.2, 0.25) is 15.9 Å². The van der Waals surface area contributed by atoms with E-state index in [0.717, 1.165) is 0 Å². The number of benzene rings is 4. The van der Waals surface area contributed by atoms with Crippen molar-refractivity contribution in [1.29, 1.82) is 0 Å². The van der Waals surface area contributed by atoms with Gasteiger partial charge in [0, 0.05) is 21.8 Å². The second-order valence-corrected chi connectivity index (χ2v) is 11.4. The van der Waals surface area contributed by atoms with E-state index in [1.54, 1.807) is 54.6 Å². The van der Waals surface area contributed by atoms with Gasteiger partial charge in [-0.05, 0) is 78.4 Å². The predicted octanol–water partition coefficient (Wildman–Crippen LogP) is 4.61. The van der Waals surface area contributed by atoms with Gasteiger partial charge in [-0.15, -0.1) is 11.8 Å². The normalized spacial score (nSPS) is 11.4. The molecule has 0 aliphatic heterocycles. The molecule has 5 N–H and O–H groups in total. The van der Waals surface area contributed by atoms with E-state index in [0.29, 0.717) is 27.4 Å². The molecular formula is C30H25FN4O5S2. The van der Waals surface area contributed by atoms with Crippen molar-refractivity contribution >= 4 is 57.0 Å². The van der Waals surface area contributed by atoms with Crippen LogP contribution in [0.15, 0.2) is 119 Å². The third kappa shape index (κ3) is 8.86. The van der Waals surface area contributed by atoms with Crippen LogP contribution in [0.2, 0.25) is 0 Å². The molecule has 0 fully saturated rings. The van der Waals surface area contributed by atoms with Crippen molar-refractivity contribution in [1.82, 2.24) is 5.32 Å². The van der Waals surface area contributed by atoms with E-state index in [9.17, 15) is 27.2 Å². The summed E-state index contributed by atoms with van der Waals surface area (Å²) in [5.41, 5.74) is 1.63. The number of rotatable bonds is 10. The fourth-order valence-electron chi connectivity index (χ4n) is 3.60. The zero-order valence-electron chi connectivity index (χ0n) is 21.9. The summed E-state index contributed by atoms with van der Waals surface area (Å²) in [4.78, 5) is 39.1. The lowest BCUT2D eigenvalue weighted by Crippen LogP contribution is -2.30. The fraction of sp³-hybridized carbons (Fsp3) is 0.0333. The van der Waals surface area contributed by atoms with Gasteiger partial charge >= 0.3 is 0 Å². The van der Waals surface area contributed by atoms with Gasteiger partial charge < -0.3 is 16.0 Å². The average Bonchev–Trinajstić information content (AvgIpc) is 2.97. The number of sulfonamides is 1. The van der Waals surface area contributed by atoms with Crippen LogP contribution in [0.1, 0.15) is 15.9 Å². The Morgan fingerprint density at radius 1 is 0.810 bits per heavy atom. The number of anilines is 2. The van der Waals surface area contributed by atoms with Gasteiger partial charge in [0.05, 0.1) is 10.6 Å². The Bertz CT molecular complexity index is 1730. The highest BCUT2D eigenvalue weighted by molar-refractivity contribution is 8.00. The standard InChI is InChI=1S/C30H25FN4O5S2/c31-22-11-9-20(10-12-22)17-27(35-29(37)21-5-2-1-3-6-21)30(38)34-24-7-4-8-25(18-24)41-19-28(36)33-23-13-15-26(16-14-23)42(32,39)40/h1-18H,19H2,(H,33,36)(H,34,38)(H,35,37)(H2,32,39,40)/b27-17-. The third-order valence-electron chi connectivity index (χ3n) is 5.64. The summed E-state index contributed by atoms with van der Waals surface area (Å²) in [5, 5.41) is 13.1. The number of nitrogens with one attached hydrogen (secondary N) is 3. The molecule has 9 nitrogen and oxygen atoms in total. The molecule has 4 rings (SSSR count). The summed E-state index contributed by atoms with van der Waals surface area (Å²) < 4.78 is 36.2. The SMILES string of the molecule is NS(=O)(=O)c1ccc(NC(=O)CSc2cccc(NC(=O)/C(=C/c3ccc(F)cc3)NC(=O)c3ccccc3)c2)cc1. The molecule has 0 saturated heterocycles. The summed E-state index contributed by atoms with van der Waals surface area (Å²) in [7, 11) is -3.83. The summed E-state index contributed by atoms with van der Waals surface area (Å²) in [6.07, 6.45) is 1.44. The third-order valence-corrected chi connectivity index (χ3v) is 7.56. The minimum absolute atomic E-state index is 0.0389. The van der Waals surface area contributed by atoms with Crippen LogP contribution >= 0.6 is 11.8 Å². The maximum absolute atomic E-state index is 13.4. The van der Waals surface area contributed by atoms with Gasteiger partial charge in [-0.1, -0.05) is 36.4 Å². The summed E-state index contributed by atoms with van der Waals surface area (Å²) in [6.45, 7) is 0. The number of primary sulfonamides is 1. The maximum Gasteiger partial charge on any atom is 0.272 e. The number of hydrogen-bond donors (Lipinski definition) is 4. The van der Waals surface area contributed by atoms with Gasteiger partial charge in [-0.3, -0.25) is 14.4 Å². The van der Waals surface area contributed by atoms with E-state index in [4.69, 9.17) is 5.14 Å². The average molecular weight is 605 g/mol. The molecule has 0 aliphatic carbocycles. The Morgan fingerprint density at radius 2 is 1.50 bits per heavy atom. The van der Waals surface area contributed by atoms with Crippen LogP contribution in [0.5, 0.6) is 0 Å². The highest BCUT2D eigenvalue weighted by Crippen LogP contribution is 2.23. The first-order valence-corrected chi connectivity index (χ1v) is 14.9. The Labute approximate surface area is 246 Å². The van der Waals surface area contributed by atoms with Crippen molar-refractivity contribution < 1.29 is 27.2 Å². The van der Waals surface area contributed by atoms with Gasteiger partial charge in [-0.25, -0.2) is 17.9 Å². The lowest BCUT2D eigenvalue weighted by atomic mass is 10.1. The largest absolute Gasteiger partial charge is 0.325 e. The van der Waals surface area contributed by atoms with Gasteiger partial charge in [0.1, 0.15) is 11.5 Å². The first-order valence-electron chi connectivity index (χ1n) is 12.4. The van der Waals surface area contributed by atoms with Crippen LogP contribution < -0.4 is 21.1 Å². The Morgan fingerprint density at radius 3 is 2.17 bits per heavy atom. The number of thioether (sulfide) groups is 1. The van der Waals surface area contributed by atoms with Crippen molar-refractivity contribution in [3.8, 4) is 0 Å². The minimum atomic E-state index is -3.83. The second kappa shape index (κ2) is 13.7. The summed E-state index contributed by atoms with van der Waals surface area (Å²) in [6, 6.07) is 26.1. The number of carbonyl (C=O) groups excluding carboxylic acids is 3. The molecular weight excluding hydrogens is 579 g/mol. The molecule has 4 aromatic rings. The van der Waals surface area contributed by atoms with Gasteiger partial charge in [0.15, 0.2) is 0 Å². The molecule has 0 heterocycles. The molecule has 0 aromatic heterocycles. The van der Waals surface area contributed by atoms with E-state index in [1.165, 1.54) is 66.4 Å². The zero-order valence-corrected chi connectivity index (χ0v) is 23.5. The summed E-state index contributed by atoms with van der Waals surface area (Å²) >= 11 is 1.22. The molecule has 42 heavy (non-hydrogen) atoms. The quantitative estimate of drug-likeness (QED) is 0.154. The Kier molecular flexibility index (Phi) is 9.86. The van der Waals surface area contributed by atoms with Gasteiger partial charge in [-0.2, -0.15) is 0 Å². The molecule has 0 spiro atoms. The highest BCUT2D eigenvalue weighted by atomic mass is 32.2. The van der Waals surface area contributed by atoms with Crippen LogP contribution in [-0.2, 0) is 19.6 Å². The monoisotopic (exact) mass is 604 g/mol. The van der Waals surface area contributed by atoms with Crippen LogP contribution in [0, 0.1) is 5.82 Å². The molecule has 0 bridgehead atoms. The first-order chi connectivity index (χ1) is 20.1. The number of hydrogen-bond acceptors (Lipinski definition) is 6. The first kappa shape index (κ1) is 30.2. The van der Waals surface area contributed by atoms with E-state index in [1.807, 2.05) is 0 Å². The highest BCUT2D eigenvalue weighted by Gasteiger charge is 2.16. The second-order valence-electron chi connectivity index (χ2n) is 8.82. The van der Waals surface area contributed by atoms with Crippen molar-refractivity contribution in [3.05, 3.63) is 126 Å². The maximum atomic E-state index is 13.4. The topological polar surface area (TPSA) is 147 Å². The Hall–Kier alpha value is -4.78. The zero-order chi connectivity index (χ0) is 30.1. The number of halogens is 1. The van der Waals surface area contributed by atoms with Crippen LogP contribution in [0.4, 0.5) is 15.8 Å². The van der Waals surface area contributed by atoms with Crippen LogP contribution in [-0.4, -0.2) is 31.9 Å². The molecule has 3 amide bonds. The lowest BCUT2D eigenvalue weighted by molar-refractivity contribution is -0.114. The van der Waals surface area contributed by atoms with E-state index in [-0.39, 0.29) is 22.3 Å². The lowest BCUT2D eigenvalue weighted by Gasteiger charge is -2.12. The van der Waals surface area contributed by atoms with Crippen molar-refractivity contribution in [3.63, 3.8) is 0 Å². The van der Waals surface area contributed by atoms with E-state index in [2.05, 4.69) is 16.0 Å². The number of amides is 3. The number of nitrogens with two attached hydrogens (primary N) is 1. The Balaban J connectivity index is 1.42. The molecule has 4 aromatic carbocycles. The van der Waals surface area contributed by atoms with Crippen molar-refractivity contribution in [2.24, 2.45) is 5.14 Å². The van der Waals surface area contributed by atoms with Crippen LogP contribution in [0.3, 0.4) is 0 Å². The van der Waals surface area contributed by atoms with Crippen LogP contribution in [0.25, 0.3) is 6.08 Å². The van der Waals surface area contributed by atoms with Gasteiger partial charge in [0.25, 0.3) is 11.8 Å². The molecule has 0 aliphatic rings. The molecule has 12 heteroatoms. The smallest absolute Gasteiger partial charge is 0.272 e. The summed E-state index contributed by atoms with van der Waals surface area (Å²) in [5.74, 6) is -1.82. The molecule has 0 atom stereocenters. The van der Waals surface area contributed by atoms with E-state index >= 15 is 0 Å². The fourth-order valence-corrected chi connectivity index (χ4v) is 4.87.